The number of piperidine rings is 1. The number of amides is 2. The molecule has 1 aliphatic heterocycles. The van der Waals surface area contributed by atoms with Gasteiger partial charge >= 0.3 is 6.03 Å². The highest BCUT2D eigenvalue weighted by atomic mass is 32.2. The first-order chi connectivity index (χ1) is 11.3. The van der Waals surface area contributed by atoms with E-state index in [1.807, 2.05) is 6.92 Å². The smallest absolute Gasteiger partial charge is 0.320 e. The van der Waals surface area contributed by atoms with E-state index in [1.165, 1.54) is 16.8 Å². The van der Waals surface area contributed by atoms with Crippen molar-refractivity contribution in [3.8, 4) is 0 Å². The van der Waals surface area contributed by atoms with Crippen molar-refractivity contribution in [1.82, 2.24) is 24.6 Å². The molecule has 2 aromatic heterocycles. The Hall–Kier alpha value is -2.20. The second kappa shape index (κ2) is 6.36. The zero-order valence-corrected chi connectivity index (χ0v) is 14.3. The molecular weight excluding hydrogens is 332 g/mol. The summed E-state index contributed by atoms with van der Waals surface area (Å²) < 4.78 is 24.6. The maximum Gasteiger partial charge on any atom is 0.320 e. The number of aromatic amines is 1. The summed E-state index contributed by atoms with van der Waals surface area (Å²) in [5.74, 6) is 0.387. The van der Waals surface area contributed by atoms with Crippen molar-refractivity contribution in [2.75, 3.05) is 24.7 Å². The van der Waals surface area contributed by atoms with Gasteiger partial charge in [-0.2, -0.15) is 0 Å². The molecule has 9 nitrogen and oxygen atoms in total. The Labute approximate surface area is 139 Å². The van der Waals surface area contributed by atoms with E-state index in [9.17, 15) is 13.2 Å². The second-order valence-electron chi connectivity index (χ2n) is 6.06. The molecule has 3 rings (SSSR count). The van der Waals surface area contributed by atoms with Crippen molar-refractivity contribution in [3.05, 3.63) is 18.5 Å². The molecule has 24 heavy (non-hydrogen) atoms. The van der Waals surface area contributed by atoms with Crippen LogP contribution in [-0.2, 0) is 10.0 Å². The van der Waals surface area contributed by atoms with Crippen LogP contribution in [0.25, 0.3) is 11.2 Å². The molecule has 2 aromatic rings. The van der Waals surface area contributed by atoms with E-state index in [0.29, 0.717) is 36.5 Å². The van der Waals surface area contributed by atoms with Crippen LogP contribution in [0.5, 0.6) is 0 Å². The molecule has 3 N–H and O–H groups in total. The second-order valence-corrected chi connectivity index (χ2v) is 8.04. The SMILES string of the molecule is C[C@@H]1CN(S(C)(=O)=O)CC[C@@H]1NC(=O)Nc1cnc2[nH]ccc2n1. The van der Waals surface area contributed by atoms with Gasteiger partial charge in [-0.15, -0.1) is 0 Å². The van der Waals surface area contributed by atoms with Gasteiger partial charge in [-0.3, -0.25) is 5.32 Å². The summed E-state index contributed by atoms with van der Waals surface area (Å²) in [6.45, 7) is 2.73. The molecule has 2 atom stereocenters. The van der Waals surface area contributed by atoms with Crippen LogP contribution in [0.2, 0.25) is 0 Å². The molecule has 0 radical (unpaired) electrons. The van der Waals surface area contributed by atoms with E-state index >= 15 is 0 Å². The molecule has 1 fully saturated rings. The first-order valence-electron chi connectivity index (χ1n) is 7.65. The predicted molar refractivity (Wildman–Crippen MR) is 90.0 cm³/mol. The Morgan fingerprint density at radius 3 is 2.96 bits per heavy atom. The molecule has 3 heterocycles. The summed E-state index contributed by atoms with van der Waals surface area (Å²) in [4.78, 5) is 23.5. The van der Waals surface area contributed by atoms with Crippen LogP contribution in [0, 0.1) is 5.92 Å². The monoisotopic (exact) mass is 352 g/mol. The Balaban J connectivity index is 1.58. The highest BCUT2D eigenvalue weighted by Gasteiger charge is 2.31. The zero-order chi connectivity index (χ0) is 17.3. The Kier molecular flexibility index (Phi) is 4.41. The summed E-state index contributed by atoms with van der Waals surface area (Å²) >= 11 is 0. The quantitative estimate of drug-likeness (QED) is 0.753. The van der Waals surface area contributed by atoms with Gasteiger partial charge < -0.3 is 10.3 Å². The predicted octanol–water partition coefficient (Wildman–Crippen LogP) is 0.749. The van der Waals surface area contributed by atoms with Gasteiger partial charge in [-0.05, 0) is 18.4 Å². The van der Waals surface area contributed by atoms with Gasteiger partial charge in [-0.25, -0.2) is 27.5 Å². The lowest BCUT2D eigenvalue weighted by Crippen LogP contribution is -2.52. The average Bonchev–Trinajstić information content (AvgIpc) is 2.95. The lowest BCUT2D eigenvalue weighted by molar-refractivity contribution is 0.211. The summed E-state index contributed by atoms with van der Waals surface area (Å²) in [7, 11) is -3.19. The van der Waals surface area contributed by atoms with Crippen LogP contribution >= 0.6 is 0 Å². The summed E-state index contributed by atoms with van der Waals surface area (Å²) in [6, 6.07) is 1.31. The van der Waals surface area contributed by atoms with Gasteiger partial charge in [-0.1, -0.05) is 6.92 Å². The number of nitrogens with one attached hydrogen (secondary N) is 3. The third-order valence-corrected chi connectivity index (χ3v) is 5.43. The number of anilines is 1. The number of carbonyl (C=O) groups is 1. The third kappa shape index (κ3) is 3.65. The van der Waals surface area contributed by atoms with Crippen molar-refractivity contribution in [2.45, 2.75) is 19.4 Å². The molecule has 10 heteroatoms. The standard InChI is InChI=1S/C14H20N6O3S/c1-9-8-20(24(2,22)23)6-4-10(9)18-14(21)19-12-7-16-13-11(17-12)3-5-15-13/h3,5,7,9-10H,4,6,8H2,1-2H3,(H,15,16)(H2,17,18,19,21)/t9-,10+/m1/s1. The summed E-state index contributed by atoms with van der Waals surface area (Å²) in [5.41, 5.74) is 1.32. The van der Waals surface area contributed by atoms with Crippen LogP contribution in [0.3, 0.4) is 0 Å². The largest absolute Gasteiger partial charge is 0.345 e. The number of hydrogen-bond acceptors (Lipinski definition) is 5. The average molecular weight is 352 g/mol. The first-order valence-corrected chi connectivity index (χ1v) is 9.50. The molecule has 0 aromatic carbocycles. The van der Waals surface area contributed by atoms with Crippen molar-refractivity contribution < 1.29 is 13.2 Å². The molecule has 130 valence electrons. The molecule has 0 saturated carbocycles. The number of rotatable bonds is 3. The highest BCUT2D eigenvalue weighted by molar-refractivity contribution is 7.88. The molecule has 0 unspecified atom stereocenters. The van der Waals surface area contributed by atoms with Gasteiger partial charge in [0.25, 0.3) is 0 Å². The van der Waals surface area contributed by atoms with E-state index in [0.717, 1.165) is 0 Å². The van der Waals surface area contributed by atoms with Gasteiger partial charge in [0, 0.05) is 25.3 Å². The minimum Gasteiger partial charge on any atom is -0.345 e. The number of H-pyrrole nitrogens is 1. The third-order valence-electron chi connectivity index (χ3n) is 4.16. The molecule has 1 aliphatic rings. The first kappa shape index (κ1) is 16.7. The molecule has 0 bridgehead atoms. The fourth-order valence-corrected chi connectivity index (χ4v) is 3.78. The van der Waals surface area contributed by atoms with Gasteiger partial charge in [0.05, 0.1) is 12.5 Å². The molecule has 0 spiro atoms. The normalized spacial score (nSPS) is 22.4. The number of urea groups is 1. The molecule has 0 aliphatic carbocycles. The van der Waals surface area contributed by atoms with E-state index < -0.39 is 10.0 Å². The van der Waals surface area contributed by atoms with Crippen molar-refractivity contribution in [2.24, 2.45) is 5.92 Å². The number of fused-ring (bicyclic) bond motifs is 1. The fourth-order valence-electron chi connectivity index (χ4n) is 2.83. The van der Waals surface area contributed by atoms with E-state index in [-0.39, 0.29) is 18.0 Å². The number of sulfonamides is 1. The lowest BCUT2D eigenvalue weighted by atomic mass is 9.95. The fraction of sp³-hybridized carbons (Fsp3) is 0.500. The molecular formula is C14H20N6O3S. The van der Waals surface area contributed by atoms with Crippen LogP contribution in [-0.4, -0.2) is 59.1 Å². The number of aromatic nitrogens is 3. The number of carbonyl (C=O) groups excluding carboxylic acids is 1. The maximum atomic E-state index is 12.1. The van der Waals surface area contributed by atoms with Gasteiger partial charge in [0.2, 0.25) is 10.0 Å². The van der Waals surface area contributed by atoms with E-state index in [1.54, 1.807) is 12.3 Å². The maximum absolute atomic E-state index is 12.1. The Morgan fingerprint density at radius 2 is 2.25 bits per heavy atom. The summed E-state index contributed by atoms with van der Waals surface area (Å²) in [6.07, 6.45) is 4.99. The van der Waals surface area contributed by atoms with Crippen molar-refractivity contribution >= 4 is 33.0 Å². The van der Waals surface area contributed by atoms with Crippen LogP contribution < -0.4 is 10.6 Å². The minimum absolute atomic E-state index is 0.0254. The van der Waals surface area contributed by atoms with Crippen LogP contribution in [0.15, 0.2) is 18.5 Å². The molecule has 1 saturated heterocycles. The van der Waals surface area contributed by atoms with Crippen LogP contribution in [0.1, 0.15) is 13.3 Å². The zero-order valence-electron chi connectivity index (χ0n) is 13.5. The lowest BCUT2D eigenvalue weighted by Gasteiger charge is -2.35. The minimum atomic E-state index is -3.19. The summed E-state index contributed by atoms with van der Waals surface area (Å²) in [5, 5.41) is 5.55. The van der Waals surface area contributed by atoms with Gasteiger partial charge in [0.1, 0.15) is 5.52 Å². The van der Waals surface area contributed by atoms with E-state index in [2.05, 4.69) is 25.6 Å². The Morgan fingerprint density at radius 1 is 1.46 bits per heavy atom. The number of nitrogens with zero attached hydrogens (tertiary/aromatic N) is 3. The van der Waals surface area contributed by atoms with E-state index in [4.69, 9.17) is 0 Å². The van der Waals surface area contributed by atoms with Crippen LogP contribution in [0.4, 0.5) is 10.6 Å². The van der Waals surface area contributed by atoms with Crippen molar-refractivity contribution in [1.29, 1.82) is 0 Å². The molecule has 2 amide bonds. The Bertz CT molecular complexity index is 849. The van der Waals surface area contributed by atoms with Gasteiger partial charge in [0.15, 0.2) is 11.5 Å². The van der Waals surface area contributed by atoms with Crippen molar-refractivity contribution in [3.63, 3.8) is 0 Å². The topological polar surface area (TPSA) is 120 Å². The number of hydrogen-bond donors (Lipinski definition) is 3. The highest BCUT2D eigenvalue weighted by Crippen LogP contribution is 2.19.